The SMILES string of the molecule is CCC(N)c1nnc(-c2ccncc2F)s1. The van der Waals surface area contributed by atoms with Crippen molar-refractivity contribution in [3.63, 3.8) is 0 Å². The minimum Gasteiger partial charge on any atom is -0.322 e. The molecule has 0 aliphatic heterocycles. The van der Waals surface area contributed by atoms with Gasteiger partial charge in [0.25, 0.3) is 0 Å². The van der Waals surface area contributed by atoms with Crippen molar-refractivity contribution < 1.29 is 4.39 Å². The third-order valence-corrected chi connectivity index (χ3v) is 3.29. The second kappa shape index (κ2) is 4.63. The monoisotopic (exact) mass is 238 g/mol. The molecule has 84 valence electrons. The van der Waals surface area contributed by atoms with Gasteiger partial charge in [0.2, 0.25) is 0 Å². The molecule has 2 rings (SSSR count). The summed E-state index contributed by atoms with van der Waals surface area (Å²) in [7, 11) is 0. The molecule has 0 radical (unpaired) electrons. The predicted molar refractivity (Wildman–Crippen MR) is 60.3 cm³/mol. The van der Waals surface area contributed by atoms with Crippen LogP contribution in [-0.2, 0) is 0 Å². The third kappa shape index (κ3) is 2.07. The predicted octanol–water partition coefficient (Wildman–Crippen LogP) is 2.15. The van der Waals surface area contributed by atoms with Gasteiger partial charge in [-0.2, -0.15) is 0 Å². The van der Waals surface area contributed by atoms with Crippen molar-refractivity contribution in [1.29, 1.82) is 0 Å². The van der Waals surface area contributed by atoms with Crippen molar-refractivity contribution in [1.82, 2.24) is 15.2 Å². The van der Waals surface area contributed by atoms with E-state index in [9.17, 15) is 4.39 Å². The molecule has 0 saturated heterocycles. The molecule has 0 aliphatic carbocycles. The fraction of sp³-hybridized carbons (Fsp3) is 0.300. The maximum absolute atomic E-state index is 13.4. The first-order valence-electron chi connectivity index (χ1n) is 4.91. The normalized spacial score (nSPS) is 12.7. The Morgan fingerprint density at radius 3 is 3.00 bits per heavy atom. The lowest BCUT2D eigenvalue weighted by Gasteiger charge is -2.00. The van der Waals surface area contributed by atoms with E-state index >= 15 is 0 Å². The van der Waals surface area contributed by atoms with Gasteiger partial charge in [0, 0.05) is 6.20 Å². The standard InChI is InChI=1S/C10H11FN4S/c1-2-8(12)10-15-14-9(16-10)6-3-4-13-5-7(6)11/h3-5,8H,2,12H2,1H3. The molecule has 0 fully saturated rings. The van der Waals surface area contributed by atoms with Gasteiger partial charge in [-0.1, -0.05) is 18.3 Å². The lowest BCUT2D eigenvalue weighted by atomic mass is 10.3. The van der Waals surface area contributed by atoms with Gasteiger partial charge < -0.3 is 5.73 Å². The van der Waals surface area contributed by atoms with E-state index in [1.807, 2.05) is 6.92 Å². The van der Waals surface area contributed by atoms with Crippen LogP contribution in [0.25, 0.3) is 10.6 Å². The second-order valence-electron chi connectivity index (χ2n) is 3.32. The lowest BCUT2D eigenvalue weighted by molar-refractivity contribution is 0.624. The minimum atomic E-state index is -0.393. The van der Waals surface area contributed by atoms with E-state index in [0.717, 1.165) is 17.6 Å². The minimum absolute atomic E-state index is 0.129. The number of nitrogens with two attached hydrogens (primary N) is 1. The molecular formula is C10H11FN4S. The molecule has 0 amide bonds. The van der Waals surface area contributed by atoms with Gasteiger partial charge in [-0.3, -0.25) is 4.98 Å². The number of rotatable bonds is 3. The highest BCUT2D eigenvalue weighted by molar-refractivity contribution is 7.14. The molecule has 0 saturated carbocycles. The number of nitrogens with zero attached hydrogens (tertiary/aromatic N) is 3. The summed E-state index contributed by atoms with van der Waals surface area (Å²) in [6.45, 7) is 1.97. The molecule has 2 N–H and O–H groups in total. The van der Waals surface area contributed by atoms with Crippen molar-refractivity contribution in [2.45, 2.75) is 19.4 Å². The molecular weight excluding hydrogens is 227 g/mol. The van der Waals surface area contributed by atoms with Crippen molar-refractivity contribution in [2.75, 3.05) is 0 Å². The first-order chi connectivity index (χ1) is 7.72. The van der Waals surface area contributed by atoms with Crippen LogP contribution in [0.4, 0.5) is 4.39 Å². The number of pyridine rings is 1. The molecule has 0 aromatic carbocycles. The van der Waals surface area contributed by atoms with Crippen LogP contribution in [-0.4, -0.2) is 15.2 Å². The lowest BCUT2D eigenvalue weighted by Crippen LogP contribution is -2.07. The summed E-state index contributed by atoms with van der Waals surface area (Å²) in [5.41, 5.74) is 6.24. The van der Waals surface area contributed by atoms with E-state index in [1.54, 1.807) is 6.07 Å². The van der Waals surface area contributed by atoms with Gasteiger partial charge in [-0.05, 0) is 12.5 Å². The highest BCUT2D eigenvalue weighted by Crippen LogP contribution is 2.28. The molecule has 0 aliphatic rings. The Bertz CT molecular complexity index is 485. The average Bonchev–Trinajstić information content (AvgIpc) is 2.78. The van der Waals surface area contributed by atoms with Gasteiger partial charge >= 0.3 is 0 Å². The Balaban J connectivity index is 2.35. The van der Waals surface area contributed by atoms with Crippen LogP contribution in [0.5, 0.6) is 0 Å². The Hall–Kier alpha value is -1.40. The topological polar surface area (TPSA) is 64.7 Å². The number of hydrogen-bond donors (Lipinski definition) is 1. The molecule has 1 unspecified atom stereocenters. The van der Waals surface area contributed by atoms with Crippen LogP contribution in [0.2, 0.25) is 0 Å². The average molecular weight is 238 g/mol. The number of hydrogen-bond acceptors (Lipinski definition) is 5. The first-order valence-corrected chi connectivity index (χ1v) is 5.73. The summed E-state index contributed by atoms with van der Waals surface area (Å²) >= 11 is 1.32. The summed E-state index contributed by atoms with van der Waals surface area (Å²) in [6, 6.07) is 1.45. The van der Waals surface area contributed by atoms with E-state index in [1.165, 1.54) is 17.5 Å². The van der Waals surface area contributed by atoms with Crippen molar-refractivity contribution in [2.24, 2.45) is 5.73 Å². The molecule has 6 heteroatoms. The second-order valence-corrected chi connectivity index (χ2v) is 4.32. The molecule has 2 aromatic rings. The van der Waals surface area contributed by atoms with Crippen LogP contribution in [0, 0.1) is 5.82 Å². The largest absolute Gasteiger partial charge is 0.322 e. The smallest absolute Gasteiger partial charge is 0.151 e. The summed E-state index contributed by atoms with van der Waals surface area (Å²) < 4.78 is 13.4. The fourth-order valence-corrected chi connectivity index (χ4v) is 2.17. The Morgan fingerprint density at radius 2 is 2.31 bits per heavy atom. The zero-order chi connectivity index (χ0) is 11.5. The van der Waals surface area contributed by atoms with E-state index in [4.69, 9.17) is 5.73 Å². The molecule has 0 spiro atoms. The van der Waals surface area contributed by atoms with Crippen LogP contribution in [0.1, 0.15) is 24.4 Å². The van der Waals surface area contributed by atoms with E-state index < -0.39 is 5.82 Å². The molecule has 1 atom stereocenters. The third-order valence-electron chi connectivity index (χ3n) is 2.20. The molecule has 16 heavy (non-hydrogen) atoms. The highest BCUT2D eigenvalue weighted by atomic mass is 32.1. The zero-order valence-electron chi connectivity index (χ0n) is 8.72. The summed E-state index contributed by atoms with van der Waals surface area (Å²) in [4.78, 5) is 3.69. The van der Waals surface area contributed by atoms with Crippen LogP contribution >= 0.6 is 11.3 Å². The number of aromatic nitrogens is 3. The molecule has 0 bridgehead atoms. The van der Waals surface area contributed by atoms with Gasteiger partial charge in [0.05, 0.1) is 17.8 Å². The fourth-order valence-electron chi connectivity index (χ4n) is 1.22. The van der Waals surface area contributed by atoms with E-state index in [-0.39, 0.29) is 6.04 Å². The summed E-state index contributed by atoms with van der Waals surface area (Å²) in [5, 5.41) is 9.17. The summed E-state index contributed by atoms with van der Waals surface area (Å²) in [6.07, 6.45) is 3.48. The van der Waals surface area contributed by atoms with Crippen LogP contribution < -0.4 is 5.73 Å². The highest BCUT2D eigenvalue weighted by Gasteiger charge is 2.14. The molecule has 4 nitrogen and oxygen atoms in total. The Labute approximate surface area is 96.4 Å². The quantitative estimate of drug-likeness (QED) is 0.889. The van der Waals surface area contributed by atoms with Crippen molar-refractivity contribution >= 4 is 11.3 Å². The van der Waals surface area contributed by atoms with E-state index in [2.05, 4.69) is 15.2 Å². The van der Waals surface area contributed by atoms with Crippen LogP contribution in [0.3, 0.4) is 0 Å². The molecule has 2 heterocycles. The van der Waals surface area contributed by atoms with E-state index in [0.29, 0.717) is 10.6 Å². The number of halogens is 1. The van der Waals surface area contributed by atoms with Gasteiger partial charge in [-0.25, -0.2) is 4.39 Å². The van der Waals surface area contributed by atoms with Crippen molar-refractivity contribution in [3.05, 3.63) is 29.3 Å². The van der Waals surface area contributed by atoms with Gasteiger partial charge in [-0.15, -0.1) is 10.2 Å². The zero-order valence-corrected chi connectivity index (χ0v) is 9.54. The molecule has 2 aromatic heterocycles. The first kappa shape index (κ1) is 11.1. The van der Waals surface area contributed by atoms with Crippen LogP contribution in [0.15, 0.2) is 18.5 Å². The Morgan fingerprint density at radius 1 is 1.50 bits per heavy atom. The van der Waals surface area contributed by atoms with Gasteiger partial charge in [0.15, 0.2) is 10.8 Å². The maximum atomic E-state index is 13.4. The van der Waals surface area contributed by atoms with Gasteiger partial charge in [0.1, 0.15) is 5.01 Å². The summed E-state index contributed by atoms with van der Waals surface area (Å²) in [5.74, 6) is -0.393. The van der Waals surface area contributed by atoms with Crippen molar-refractivity contribution in [3.8, 4) is 10.6 Å². The Kier molecular flexibility index (Phi) is 3.21. The maximum Gasteiger partial charge on any atom is 0.151 e.